The number of thiophene rings is 1. The standard InChI is InChI=1S/C8H9ClOS/c9-7-4-11-3-6(7)5-1-2-8(5)10/h3-5,8,10H,1-2H2. The summed E-state index contributed by atoms with van der Waals surface area (Å²) in [7, 11) is 0. The van der Waals surface area contributed by atoms with Gasteiger partial charge in [-0.05, 0) is 23.8 Å². The predicted molar refractivity (Wildman–Crippen MR) is 47.3 cm³/mol. The van der Waals surface area contributed by atoms with Crippen molar-refractivity contribution >= 4 is 22.9 Å². The number of aliphatic hydroxyl groups is 1. The molecule has 1 fully saturated rings. The van der Waals surface area contributed by atoms with Crippen molar-refractivity contribution in [2.24, 2.45) is 0 Å². The second-order valence-corrected chi connectivity index (χ2v) is 4.08. The molecule has 1 saturated carbocycles. The zero-order chi connectivity index (χ0) is 7.84. The molecule has 11 heavy (non-hydrogen) atoms. The van der Waals surface area contributed by atoms with E-state index in [-0.39, 0.29) is 6.10 Å². The third kappa shape index (κ3) is 1.19. The summed E-state index contributed by atoms with van der Waals surface area (Å²) in [6.07, 6.45) is 1.86. The van der Waals surface area contributed by atoms with E-state index in [1.54, 1.807) is 11.3 Å². The van der Waals surface area contributed by atoms with E-state index in [4.69, 9.17) is 11.6 Å². The summed E-state index contributed by atoms with van der Waals surface area (Å²) >= 11 is 7.51. The van der Waals surface area contributed by atoms with Gasteiger partial charge in [-0.15, -0.1) is 0 Å². The highest BCUT2D eigenvalue weighted by Gasteiger charge is 2.31. The van der Waals surface area contributed by atoms with E-state index in [1.807, 2.05) is 10.8 Å². The Hall–Kier alpha value is -0.0500. The molecule has 1 aliphatic rings. The fourth-order valence-electron chi connectivity index (χ4n) is 1.40. The smallest absolute Gasteiger partial charge is 0.0609 e. The molecule has 0 aromatic carbocycles. The van der Waals surface area contributed by atoms with Crippen molar-refractivity contribution in [3.05, 3.63) is 21.3 Å². The highest BCUT2D eigenvalue weighted by molar-refractivity contribution is 7.08. The van der Waals surface area contributed by atoms with Gasteiger partial charge in [-0.3, -0.25) is 0 Å². The van der Waals surface area contributed by atoms with Gasteiger partial charge in [0.2, 0.25) is 0 Å². The van der Waals surface area contributed by atoms with Gasteiger partial charge < -0.3 is 5.11 Å². The Bertz CT molecular complexity index is 258. The lowest BCUT2D eigenvalue weighted by Crippen LogP contribution is -2.28. The lowest BCUT2D eigenvalue weighted by Gasteiger charge is -2.32. The first-order chi connectivity index (χ1) is 5.29. The van der Waals surface area contributed by atoms with Gasteiger partial charge in [0.1, 0.15) is 0 Å². The van der Waals surface area contributed by atoms with Gasteiger partial charge in [0.15, 0.2) is 0 Å². The van der Waals surface area contributed by atoms with E-state index in [1.165, 1.54) is 0 Å². The molecular formula is C8H9ClOS. The molecule has 2 rings (SSSR count). The number of rotatable bonds is 1. The minimum absolute atomic E-state index is 0.151. The fraction of sp³-hybridized carbons (Fsp3) is 0.500. The Kier molecular flexibility index (Phi) is 1.91. The van der Waals surface area contributed by atoms with Crippen LogP contribution in [0.1, 0.15) is 24.3 Å². The summed E-state index contributed by atoms with van der Waals surface area (Å²) in [6, 6.07) is 0. The average molecular weight is 189 g/mol. The van der Waals surface area contributed by atoms with Gasteiger partial charge in [0.25, 0.3) is 0 Å². The van der Waals surface area contributed by atoms with E-state index in [9.17, 15) is 5.11 Å². The van der Waals surface area contributed by atoms with E-state index in [2.05, 4.69) is 0 Å². The van der Waals surface area contributed by atoms with Crippen molar-refractivity contribution in [1.82, 2.24) is 0 Å². The number of hydrogen-bond acceptors (Lipinski definition) is 2. The van der Waals surface area contributed by atoms with Gasteiger partial charge in [-0.25, -0.2) is 0 Å². The Morgan fingerprint density at radius 1 is 1.45 bits per heavy atom. The molecule has 0 saturated heterocycles. The van der Waals surface area contributed by atoms with Crippen LogP contribution in [0.4, 0.5) is 0 Å². The van der Waals surface area contributed by atoms with E-state index in [0.717, 1.165) is 23.4 Å². The molecule has 0 bridgehead atoms. The molecule has 1 aromatic rings. The number of halogens is 1. The normalized spacial score (nSPS) is 30.0. The zero-order valence-electron chi connectivity index (χ0n) is 5.96. The van der Waals surface area contributed by atoms with Crippen LogP contribution in [-0.2, 0) is 0 Å². The molecule has 0 spiro atoms. The number of aliphatic hydroxyl groups excluding tert-OH is 1. The second kappa shape index (κ2) is 2.77. The molecule has 0 amide bonds. The molecule has 1 N–H and O–H groups in total. The molecule has 1 aromatic heterocycles. The van der Waals surface area contributed by atoms with Crippen molar-refractivity contribution in [2.75, 3.05) is 0 Å². The summed E-state index contributed by atoms with van der Waals surface area (Å²) in [5.74, 6) is 0.314. The maximum Gasteiger partial charge on any atom is 0.0609 e. The predicted octanol–water partition coefficient (Wildman–Crippen LogP) is 2.64. The van der Waals surface area contributed by atoms with Gasteiger partial charge in [0, 0.05) is 11.3 Å². The van der Waals surface area contributed by atoms with Crippen LogP contribution in [0.25, 0.3) is 0 Å². The van der Waals surface area contributed by atoms with Crippen molar-refractivity contribution in [2.45, 2.75) is 24.9 Å². The topological polar surface area (TPSA) is 20.2 Å². The van der Waals surface area contributed by atoms with Crippen molar-refractivity contribution in [3.8, 4) is 0 Å². The summed E-state index contributed by atoms with van der Waals surface area (Å²) in [5.41, 5.74) is 1.13. The highest BCUT2D eigenvalue weighted by Crippen LogP contribution is 2.41. The van der Waals surface area contributed by atoms with Crippen LogP contribution in [0.15, 0.2) is 10.8 Å². The van der Waals surface area contributed by atoms with Crippen LogP contribution >= 0.6 is 22.9 Å². The Morgan fingerprint density at radius 2 is 2.27 bits per heavy atom. The molecule has 1 heterocycles. The molecule has 3 heteroatoms. The van der Waals surface area contributed by atoms with Crippen LogP contribution in [0, 0.1) is 0 Å². The minimum Gasteiger partial charge on any atom is -0.392 e. The van der Waals surface area contributed by atoms with E-state index >= 15 is 0 Å². The first-order valence-corrected chi connectivity index (χ1v) is 5.01. The molecular weight excluding hydrogens is 180 g/mol. The largest absolute Gasteiger partial charge is 0.392 e. The Morgan fingerprint density at radius 3 is 2.64 bits per heavy atom. The SMILES string of the molecule is OC1CCC1c1cscc1Cl. The van der Waals surface area contributed by atoms with Gasteiger partial charge in [-0.2, -0.15) is 11.3 Å². The molecule has 1 nitrogen and oxygen atoms in total. The van der Waals surface area contributed by atoms with Crippen LogP contribution in [-0.4, -0.2) is 11.2 Å². The first kappa shape index (κ1) is 7.59. The Labute approximate surface area is 74.6 Å². The highest BCUT2D eigenvalue weighted by atomic mass is 35.5. The minimum atomic E-state index is -0.151. The van der Waals surface area contributed by atoms with Crippen molar-refractivity contribution < 1.29 is 5.11 Å². The maximum absolute atomic E-state index is 9.35. The number of hydrogen-bond donors (Lipinski definition) is 1. The summed E-state index contributed by atoms with van der Waals surface area (Å²) in [5, 5.41) is 14.1. The van der Waals surface area contributed by atoms with E-state index in [0.29, 0.717) is 5.92 Å². The molecule has 0 radical (unpaired) electrons. The van der Waals surface area contributed by atoms with Gasteiger partial charge in [-0.1, -0.05) is 11.6 Å². The average Bonchev–Trinajstić information content (AvgIpc) is 2.34. The molecule has 60 valence electrons. The summed E-state index contributed by atoms with van der Waals surface area (Å²) < 4.78 is 0. The summed E-state index contributed by atoms with van der Waals surface area (Å²) in [6.45, 7) is 0. The van der Waals surface area contributed by atoms with Crippen molar-refractivity contribution in [1.29, 1.82) is 0 Å². The lowest BCUT2D eigenvalue weighted by atomic mass is 9.78. The molecule has 0 aliphatic heterocycles. The molecule has 1 aliphatic carbocycles. The second-order valence-electron chi connectivity index (χ2n) is 2.93. The van der Waals surface area contributed by atoms with Gasteiger partial charge in [0.05, 0.1) is 11.1 Å². The third-order valence-corrected chi connectivity index (χ3v) is 3.50. The Balaban J connectivity index is 2.22. The lowest BCUT2D eigenvalue weighted by molar-refractivity contribution is 0.0664. The monoisotopic (exact) mass is 188 g/mol. The van der Waals surface area contributed by atoms with Crippen LogP contribution in [0.3, 0.4) is 0 Å². The fourth-order valence-corrected chi connectivity index (χ4v) is 2.59. The van der Waals surface area contributed by atoms with E-state index < -0.39 is 0 Å². The van der Waals surface area contributed by atoms with Crippen LogP contribution in [0.2, 0.25) is 5.02 Å². The van der Waals surface area contributed by atoms with Gasteiger partial charge >= 0.3 is 0 Å². The quantitative estimate of drug-likeness (QED) is 0.719. The first-order valence-electron chi connectivity index (χ1n) is 3.68. The van der Waals surface area contributed by atoms with Crippen LogP contribution < -0.4 is 0 Å². The van der Waals surface area contributed by atoms with Crippen molar-refractivity contribution in [3.63, 3.8) is 0 Å². The maximum atomic E-state index is 9.35. The third-order valence-electron chi connectivity index (χ3n) is 2.28. The summed E-state index contributed by atoms with van der Waals surface area (Å²) in [4.78, 5) is 0. The van der Waals surface area contributed by atoms with Crippen LogP contribution in [0.5, 0.6) is 0 Å². The zero-order valence-corrected chi connectivity index (χ0v) is 7.53. The molecule has 2 atom stereocenters. The molecule has 2 unspecified atom stereocenters.